The van der Waals surface area contributed by atoms with Crippen molar-refractivity contribution in [3.63, 3.8) is 0 Å². The third-order valence-corrected chi connectivity index (χ3v) is 5.38. The first kappa shape index (κ1) is 18.0. The average molecular weight is 367 g/mol. The van der Waals surface area contributed by atoms with E-state index in [0.29, 0.717) is 23.7 Å². The molecular weight excluding hydrogens is 345 g/mol. The van der Waals surface area contributed by atoms with Crippen LogP contribution >= 0.6 is 11.8 Å². The van der Waals surface area contributed by atoms with Gasteiger partial charge in [-0.15, -0.1) is 0 Å². The van der Waals surface area contributed by atoms with E-state index in [1.54, 1.807) is 12.1 Å². The van der Waals surface area contributed by atoms with Gasteiger partial charge >= 0.3 is 6.09 Å². The van der Waals surface area contributed by atoms with Gasteiger partial charge in [0.15, 0.2) is 5.12 Å². The summed E-state index contributed by atoms with van der Waals surface area (Å²) in [5.41, 5.74) is 1.05. The summed E-state index contributed by atoms with van der Waals surface area (Å²) < 4.78 is 19.8. The minimum atomic E-state index is -0.499. The van der Waals surface area contributed by atoms with E-state index in [1.807, 2.05) is 4.90 Å². The van der Waals surface area contributed by atoms with E-state index in [9.17, 15) is 14.0 Å². The van der Waals surface area contributed by atoms with Gasteiger partial charge < -0.3 is 14.5 Å². The fourth-order valence-electron chi connectivity index (χ4n) is 3.00. The highest BCUT2D eigenvalue weighted by molar-refractivity contribution is 8.13. The number of piperazine rings is 1. The van der Waals surface area contributed by atoms with Gasteiger partial charge in [0.1, 0.15) is 11.9 Å². The van der Waals surface area contributed by atoms with Gasteiger partial charge in [-0.2, -0.15) is 0 Å². The highest BCUT2D eigenvalue weighted by atomic mass is 32.2. The maximum Gasteiger partial charge on any atom is 0.414 e. The van der Waals surface area contributed by atoms with Gasteiger partial charge in [-0.1, -0.05) is 11.8 Å². The number of cyclic esters (lactones) is 1. The lowest BCUT2D eigenvalue weighted by Crippen LogP contribution is -2.44. The van der Waals surface area contributed by atoms with Gasteiger partial charge in [0.05, 0.1) is 17.9 Å². The van der Waals surface area contributed by atoms with Gasteiger partial charge in [-0.05, 0) is 25.2 Å². The van der Waals surface area contributed by atoms with Crippen molar-refractivity contribution in [2.75, 3.05) is 55.3 Å². The van der Waals surface area contributed by atoms with Crippen LogP contribution in [0.25, 0.3) is 0 Å². The standard InChI is InChI=1S/C17H22FN3O3S/c1-12(22)25-11-14-10-21(17(23)24-14)13-3-4-16(15(18)9-13)20-7-5-19(2)6-8-20/h3-4,9,14H,5-8,10-11H2,1-2H3/t14-/m1/s1. The Hall–Kier alpha value is -1.80. The summed E-state index contributed by atoms with van der Waals surface area (Å²) in [6, 6.07) is 4.86. The monoisotopic (exact) mass is 367 g/mol. The Morgan fingerprint density at radius 3 is 2.68 bits per heavy atom. The molecule has 0 aromatic heterocycles. The molecule has 1 amide bonds. The van der Waals surface area contributed by atoms with Crippen LogP contribution in [0.15, 0.2) is 18.2 Å². The highest BCUT2D eigenvalue weighted by Crippen LogP contribution is 2.29. The van der Waals surface area contributed by atoms with E-state index < -0.39 is 6.09 Å². The van der Waals surface area contributed by atoms with Crippen LogP contribution in [-0.2, 0) is 9.53 Å². The third kappa shape index (κ3) is 4.24. The lowest BCUT2D eigenvalue weighted by atomic mass is 10.2. The predicted molar refractivity (Wildman–Crippen MR) is 96.9 cm³/mol. The predicted octanol–water partition coefficient (Wildman–Crippen LogP) is 2.18. The van der Waals surface area contributed by atoms with Gasteiger partial charge in [0.25, 0.3) is 0 Å². The molecule has 2 aliphatic rings. The molecule has 2 aliphatic heterocycles. The van der Waals surface area contributed by atoms with Gasteiger partial charge in [-0.3, -0.25) is 9.69 Å². The number of thioether (sulfide) groups is 1. The Bertz CT molecular complexity index is 665. The van der Waals surface area contributed by atoms with E-state index in [0.717, 1.165) is 37.9 Å². The topological polar surface area (TPSA) is 53.1 Å². The molecular formula is C17H22FN3O3S. The molecule has 136 valence electrons. The minimum Gasteiger partial charge on any atom is -0.443 e. The molecule has 0 unspecified atom stereocenters. The molecule has 0 aliphatic carbocycles. The number of carbonyl (C=O) groups is 2. The summed E-state index contributed by atoms with van der Waals surface area (Å²) in [4.78, 5) is 28.7. The second-order valence-electron chi connectivity index (χ2n) is 6.34. The fraction of sp³-hybridized carbons (Fsp3) is 0.529. The van der Waals surface area contributed by atoms with Crippen molar-refractivity contribution in [2.24, 2.45) is 0 Å². The van der Waals surface area contributed by atoms with E-state index in [-0.39, 0.29) is 17.0 Å². The number of hydrogen-bond acceptors (Lipinski definition) is 6. The molecule has 0 saturated carbocycles. The molecule has 1 aromatic rings. The smallest absolute Gasteiger partial charge is 0.414 e. The number of halogens is 1. The summed E-state index contributed by atoms with van der Waals surface area (Å²) in [6.45, 7) is 5.16. The average Bonchev–Trinajstić information content (AvgIpc) is 2.95. The van der Waals surface area contributed by atoms with Crippen LogP contribution in [0.4, 0.5) is 20.6 Å². The number of rotatable bonds is 4. The molecule has 3 rings (SSSR count). The molecule has 25 heavy (non-hydrogen) atoms. The Morgan fingerprint density at radius 2 is 2.04 bits per heavy atom. The number of hydrogen-bond donors (Lipinski definition) is 0. The lowest BCUT2D eigenvalue weighted by Gasteiger charge is -2.34. The van der Waals surface area contributed by atoms with E-state index in [1.165, 1.54) is 17.9 Å². The quantitative estimate of drug-likeness (QED) is 0.813. The number of anilines is 2. The first-order valence-electron chi connectivity index (χ1n) is 8.28. The number of likely N-dealkylation sites (N-methyl/N-ethyl adjacent to an activating group) is 1. The van der Waals surface area contributed by atoms with Gasteiger partial charge in [-0.25, -0.2) is 9.18 Å². The maximum atomic E-state index is 14.6. The van der Waals surface area contributed by atoms with Crippen LogP contribution < -0.4 is 9.80 Å². The van der Waals surface area contributed by atoms with Crippen molar-refractivity contribution in [3.8, 4) is 0 Å². The number of carbonyl (C=O) groups excluding carboxylic acids is 2. The van der Waals surface area contributed by atoms with Crippen molar-refractivity contribution in [3.05, 3.63) is 24.0 Å². The molecule has 2 heterocycles. The summed E-state index contributed by atoms with van der Waals surface area (Å²) in [6.07, 6.45) is -0.859. The van der Waals surface area contributed by atoms with E-state index in [4.69, 9.17) is 4.74 Å². The van der Waals surface area contributed by atoms with Crippen LogP contribution in [-0.4, -0.2) is 67.7 Å². The Balaban J connectivity index is 1.68. The summed E-state index contributed by atoms with van der Waals surface area (Å²) in [5, 5.41) is -0.0166. The van der Waals surface area contributed by atoms with Crippen LogP contribution in [0.2, 0.25) is 0 Å². The Kier molecular flexibility index (Phi) is 5.48. The second-order valence-corrected chi connectivity index (χ2v) is 7.54. The molecule has 8 heteroatoms. The number of benzene rings is 1. The molecule has 0 N–H and O–H groups in total. The van der Waals surface area contributed by atoms with Crippen molar-refractivity contribution in [2.45, 2.75) is 13.0 Å². The third-order valence-electron chi connectivity index (χ3n) is 4.43. The number of nitrogens with zero attached hydrogens (tertiary/aromatic N) is 3. The second kappa shape index (κ2) is 7.61. The van der Waals surface area contributed by atoms with Gasteiger partial charge in [0.2, 0.25) is 0 Å². The highest BCUT2D eigenvalue weighted by Gasteiger charge is 2.33. The van der Waals surface area contributed by atoms with Crippen LogP contribution in [0.1, 0.15) is 6.92 Å². The van der Waals surface area contributed by atoms with Crippen molar-refractivity contribution in [1.82, 2.24) is 4.90 Å². The lowest BCUT2D eigenvalue weighted by molar-refractivity contribution is -0.109. The van der Waals surface area contributed by atoms with Crippen molar-refractivity contribution >= 4 is 34.3 Å². The first-order chi connectivity index (χ1) is 11.9. The SMILES string of the molecule is CC(=O)SC[C@H]1CN(c2ccc(N3CCN(C)CC3)c(F)c2)C(=O)O1. The van der Waals surface area contributed by atoms with Crippen molar-refractivity contribution < 1.29 is 18.7 Å². The minimum absolute atomic E-state index is 0.0166. The molecule has 6 nitrogen and oxygen atoms in total. The molecule has 0 bridgehead atoms. The Morgan fingerprint density at radius 1 is 1.32 bits per heavy atom. The maximum absolute atomic E-state index is 14.6. The molecule has 2 fully saturated rings. The molecule has 0 radical (unpaired) electrons. The fourth-order valence-corrected chi connectivity index (χ4v) is 3.59. The molecule has 1 atom stereocenters. The molecule has 0 spiro atoms. The molecule has 1 aromatic carbocycles. The first-order valence-corrected chi connectivity index (χ1v) is 9.27. The zero-order chi connectivity index (χ0) is 18.0. The molecule has 2 saturated heterocycles. The number of amides is 1. The zero-order valence-electron chi connectivity index (χ0n) is 14.4. The van der Waals surface area contributed by atoms with Crippen molar-refractivity contribution in [1.29, 1.82) is 0 Å². The zero-order valence-corrected chi connectivity index (χ0v) is 15.2. The van der Waals surface area contributed by atoms with E-state index >= 15 is 0 Å². The largest absolute Gasteiger partial charge is 0.443 e. The van der Waals surface area contributed by atoms with Gasteiger partial charge in [0, 0.05) is 38.9 Å². The van der Waals surface area contributed by atoms with Crippen LogP contribution in [0.3, 0.4) is 0 Å². The van der Waals surface area contributed by atoms with E-state index in [2.05, 4.69) is 11.9 Å². The summed E-state index contributed by atoms with van der Waals surface area (Å²) in [5.74, 6) is 0.0795. The van der Waals surface area contributed by atoms with Crippen LogP contribution in [0.5, 0.6) is 0 Å². The Labute approximate surface area is 150 Å². The number of ether oxygens (including phenoxy) is 1. The summed E-state index contributed by atoms with van der Waals surface area (Å²) >= 11 is 1.12. The summed E-state index contributed by atoms with van der Waals surface area (Å²) in [7, 11) is 2.05. The normalized spacial score (nSPS) is 21.6. The van der Waals surface area contributed by atoms with Crippen LogP contribution in [0, 0.1) is 5.82 Å².